The van der Waals surface area contributed by atoms with Gasteiger partial charge < -0.3 is 88.9 Å². The van der Waals surface area contributed by atoms with Crippen LogP contribution in [0.5, 0.6) is 0 Å². The van der Waals surface area contributed by atoms with Gasteiger partial charge >= 0.3 is 0 Å². The van der Waals surface area contributed by atoms with Gasteiger partial charge in [-0.25, -0.2) is 0 Å². The van der Waals surface area contributed by atoms with Crippen LogP contribution in [0.2, 0.25) is 0 Å². The van der Waals surface area contributed by atoms with Crippen molar-refractivity contribution in [3.05, 3.63) is 35.9 Å². The fourth-order valence-electron chi connectivity index (χ4n) is 1.60. The summed E-state index contributed by atoms with van der Waals surface area (Å²) < 4.78 is 2.68. The molecule has 0 aliphatic rings. The van der Waals surface area contributed by atoms with Crippen molar-refractivity contribution >= 4 is 51.2 Å². The minimum Gasteiger partial charge on any atom is -0.665 e. The zero-order valence-corrected chi connectivity index (χ0v) is 31.1. The Bertz CT molecular complexity index is 881. The molecule has 6 N–H and O–H groups in total. The fraction of sp³-hybridized carbons (Fsp3) is 0.417. The molecule has 0 aliphatic carbocycles. The van der Waals surface area contributed by atoms with Crippen LogP contribution in [0.25, 0.3) is 0 Å². The molecule has 2 aromatic heterocycles. The van der Waals surface area contributed by atoms with E-state index < -0.39 is 0 Å². The summed E-state index contributed by atoms with van der Waals surface area (Å²) >= 11 is 0. The van der Waals surface area contributed by atoms with Gasteiger partial charge in [0.15, 0.2) is 0 Å². The number of nitrogens with zero attached hydrogens (tertiary/aromatic N) is 4. The average molecular weight is 774 g/mol. The van der Waals surface area contributed by atoms with E-state index in [4.69, 9.17) is 29.4 Å². The quantitative estimate of drug-likeness (QED) is 0.0689. The predicted octanol–water partition coefficient (Wildman–Crippen LogP) is -2.13. The van der Waals surface area contributed by atoms with Gasteiger partial charge in [0.2, 0.25) is 0 Å². The van der Waals surface area contributed by atoms with E-state index in [1.165, 1.54) is 48.4 Å². The number of carbonyl (C=O) groups excluding carboxylic acids is 6. The molecule has 2 heterocycles. The van der Waals surface area contributed by atoms with E-state index in [1.54, 1.807) is 52.4 Å². The topological polar surface area (TPSA) is 261 Å². The smallest absolute Gasteiger partial charge is 0.149 e. The van der Waals surface area contributed by atoms with Gasteiger partial charge in [-0.1, -0.05) is 39.2 Å². The van der Waals surface area contributed by atoms with Crippen LogP contribution < -0.4 is 21.3 Å². The first kappa shape index (κ1) is 60.3. The number of rotatable bonds is 9. The van der Waals surface area contributed by atoms with Crippen LogP contribution in [0.15, 0.2) is 18.6 Å². The van der Waals surface area contributed by atoms with Gasteiger partial charge in [0.05, 0.1) is 0 Å². The molecule has 0 atom stereocenters. The zero-order valence-electron chi connectivity index (χ0n) is 25.5. The van der Waals surface area contributed by atoms with E-state index in [1.807, 2.05) is 13.8 Å². The van der Waals surface area contributed by atoms with Crippen LogP contribution in [0, 0.1) is 13.8 Å². The second-order valence-corrected chi connectivity index (χ2v) is 5.76. The van der Waals surface area contributed by atoms with E-state index in [2.05, 4.69) is 31.2 Å². The van der Waals surface area contributed by atoms with E-state index >= 15 is 0 Å². The zero-order chi connectivity index (χ0) is 34.0. The number of nitrogens with one attached hydrogen (secondary N) is 4. The summed E-state index contributed by atoms with van der Waals surface area (Å²) in [6.45, 7) is 10.2. The maximum Gasteiger partial charge on any atom is 0.149 e. The first-order chi connectivity index (χ1) is 20.1. The normalized spacial score (nSPS) is 7.07. The maximum atomic E-state index is 10.2. The molecule has 0 aromatic carbocycles. The first-order valence-corrected chi connectivity index (χ1v) is 11.0. The van der Waals surface area contributed by atoms with Crippen LogP contribution >= 0.6 is 0 Å². The number of aliphatic hydroxyl groups excluding tert-OH is 2. The standard InChI is InChI=1S/C7H9N2O.C5H5N2O.2C3H7N2O.2C2H3O.2CHO2.2Y/c1-3-7-8-6(2)4-9(7)5-10;1-5-6-2-3-7(5)4-8;2*1-4-2-5-3-6;2*1-2-3;2*2-1-3;;/h4H,3H2,1-2H3;2-3H,1H3;2*4H,2H2,1H3,(H,5,6);2*1H3;2*(H,2,3);;/q8*-1;;. The average Bonchev–Trinajstić information content (AvgIpc) is 3.57. The first-order valence-electron chi connectivity index (χ1n) is 11.0. The van der Waals surface area contributed by atoms with Crippen molar-refractivity contribution in [2.75, 3.05) is 27.4 Å². The Morgan fingerprint density at radius 2 is 1.14 bits per heavy atom. The third kappa shape index (κ3) is 58.7. The molecule has 2 aromatic rings. The van der Waals surface area contributed by atoms with Crippen molar-refractivity contribution in [1.82, 2.24) is 40.4 Å². The molecule has 0 fully saturated rings. The minimum absolute atomic E-state index is 0. The molecule has 0 bridgehead atoms. The Morgan fingerprint density at radius 3 is 1.30 bits per heavy atom. The Kier molecular flexibility index (Phi) is 81.6. The van der Waals surface area contributed by atoms with Crippen LogP contribution in [0.4, 0.5) is 0 Å². The van der Waals surface area contributed by atoms with E-state index in [0.29, 0.717) is 32.1 Å². The van der Waals surface area contributed by atoms with Crippen LogP contribution in [-0.4, -0.2) is 108 Å². The monoisotopic (exact) mass is 774 g/mol. The largest absolute Gasteiger partial charge is 0.665 e. The van der Waals surface area contributed by atoms with Crippen LogP contribution in [0.3, 0.4) is 0 Å². The number of hydrogen-bond acceptors (Lipinski definition) is 12. The van der Waals surface area contributed by atoms with Crippen LogP contribution in [0.1, 0.15) is 38.1 Å². The van der Waals surface area contributed by atoms with Crippen LogP contribution in [-0.2, 0) is 110 Å². The third-order valence-corrected chi connectivity index (χ3v) is 2.91. The van der Waals surface area contributed by atoms with Gasteiger partial charge in [0, 0.05) is 90.4 Å². The van der Waals surface area contributed by atoms with E-state index in [9.17, 15) is 19.2 Å². The molecule has 44 heavy (non-hydrogen) atoms. The molecule has 2 amide bonds. The van der Waals surface area contributed by atoms with Crippen molar-refractivity contribution in [3.63, 3.8) is 0 Å². The molecular weight excluding hydrogens is 738 g/mol. The van der Waals surface area contributed by atoms with Gasteiger partial charge in [-0.2, -0.15) is 26.7 Å². The second kappa shape index (κ2) is 59.5. The molecule has 18 nitrogen and oxygen atoms in total. The molecule has 0 unspecified atom stereocenters. The van der Waals surface area contributed by atoms with E-state index in [0.717, 1.165) is 17.9 Å². The summed E-state index contributed by atoms with van der Waals surface area (Å²) in [5.41, 5.74) is 0.861. The van der Waals surface area contributed by atoms with Gasteiger partial charge in [-0.05, 0) is 39.3 Å². The minimum atomic E-state index is 0. The van der Waals surface area contributed by atoms with Gasteiger partial charge in [-0.3, -0.25) is 12.6 Å². The summed E-state index contributed by atoms with van der Waals surface area (Å²) in [4.78, 5) is 80.4. The van der Waals surface area contributed by atoms with Crippen molar-refractivity contribution in [2.45, 2.75) is 41.0 Å². The van der Waals surface area contributed by atoms with Crippen molar-refractivity contribution in [2.24, 2.45) is 0 Å². The summed E-state index contributed by atoms with van der Waals surface area (Å²) in [5.74, 6) is 1.44. The number of imidazole rings is 2. The molecule has 0 spiro atoms. The number of hydrogen-bond donors (Lipinski definition) is 6. The molecule has 2 radical (unpaired) electrons. The van der Waals surface area contributed by atoms with Crippen molar-refractivity contribution in [3.8, 4) is 0 Å². The molecule has 2 rings (SSSR count). The Balaban J connectivity index is -0.0000000585. The second-order valence-electron chi connectivity index (χ2n) is 5.76. The SMILES string of the molecule is CCc1nc(C)cn1[C-]=O.CNCN[C-]=O.CNCN[C-]=O.C[C-]=O.C[C-]=O.Cc1nccn1[C-]=O.O=[C-]O.O=[C-]O.[Y].[Y]. The van der Waals surface area contributed by atoms with Gasteiger partial charge in [-0.15, -0.1) is 0 Å². The number of aryl methyl sites for hydroxylation is 3. The summed E-state index contributed by atoms with van der Waals surface area (Å²) in [6, 6.07) is 0. The maximum absolute atomic E-state index is 10.2. The Morgan fingerprint density at radius 1 is 0.773 bits per heavy atom. The number of amides is 2. The molecule has 20 heteroatoms. The van der Waals surface area contributed by atoms with Gasteiger partial charge in [0.1, 0.15) is 12.8 Å². The Hall–Kier alpha value is -2.89. The van der Waals surface area contributed by atoms with Crippen molar-refractivity contribution < 1.29 is 114 Å². The number of aromatic nitrogens is 4. The Labute approximate surface area is 307 Å². The fourth-order valence-corrected chi connectivity index (χ4v) is 1.60. The molecular formula is C24H36N8O10Y2-8. The van der Waals surface area contributed by atoms with Gasteiger partial charge in [0.25, 0.3) is 0 Å². The third-order valence-electron chi connectivity index (χ3n) is 2.91. The van der Waals surface area contributed by atoms with Crippen molar-refractivity contribution in [1.29, 1.82) is 0 Å². The predicted molar refractivity (Wildman–Crippen MR) is 150 cm³/mol. The molecule has 0 saturated carbocycles. The molecule has 0 saturated heterocycles. The molecule has 246 valence electrons. The summed E-state index contributed by atoms with van der Waals surface area (Å²) in [5, 5.41) is 23.5. The molecule has 0 aliphatic heterocycles. The van der Waals surface area contributed by atoms with E-state index in [-0.39, 0.29) is 65.4 Å². The summed E-state index contributed by atoms with van der Waals surface area (Å²) in [7, 11) is 3.48. The summed E-state index contributed by atoms with van der Waals surface area (Å²) in [6.07, 6.45) is 15.0.